The van der Waals surface area contributed by atoms with Crippen LogP contribution in [0.15, 0.2) is 0 Å². The zero-order chi connectivity index (χ0) is 14.4. The van der Waals surface area contributed by atoms with Crippen LogP contribution in [0.25, 0.3) is 0 Å². The number of carbonyl (C=O) groups excluding carboxylic acids is 1. The molecule has 0 aromatic carbocycles. The lowest BCUT2D eigenvalue weighted by Gasteiger charge is -2.28. The Labute approximate surface area is 108 Å². The van der Waals surface area contributed by atoms with Gasteiger partial charge in [0.05, 0.1) is 12.2 Å². The molecule has 0 aliphatic heterocycles. The third-order valence-electron chi connectivity index (χ3n) is 2.21. The van der Waals surface area contributed by atoms with Gasteiger partial charge in [0.15, 0.2) is 0 Å². The van der Waals surface area contributed by atoms with Crippen LogP contribution in [0.4, 0.5) is 9.18 Å². The van der Waals surface area contributed by atoms with Gasteiger partial charge in [0.2, 0.25) is 0 Å². The molecule has 5 nitrogen and oxygen atoms in total. The number of halogens is 1. The molecule has 108 valence electrons. The van der Waals surface area contributed by atoms with Crippen molar-refractivity contribution in [3.05, 3.63) is 0 Å². The summed E-state index contributed by atoms with van der Waals surface area (Å²) in [4.78, 5) is 11.3. The monoisotopic (exact) mass is 264 g/mol. The number of nitrogens with two attached hydrogens (primary N) is 1. The van der Waals surface area contributed by atoms with Crippen molar-refractivity contribution in [3.8, 4) is 0 Å². The predicted molar refractivity (Wildman–Crippen MR) is 68.2 cm³/mol. The van der Waals surface area contributed by atoms with Gasteiger partial charge < -0.3 is 20.5 Å². The SMILES string of the molecule is CC(C)(C)OC(=O)NCCOC(C)(C)C(F)CN. The second-order valence-electron chi connectivity index (χ2n) is 5.58. The molecule has 0 rings (SSSR count). The highest BCUT2D eigenvalue weighted by atomic mass is 19.1. The van der Waals surface area contributed by atoms with Gasteiger partial charge in [-0.15, -0.1) is 0 Å². The summed E-state index contributed by atoms with van der Waals surface area (Å²) in [6.07, 6.45) is -1.75. The molecule has 0 aliphatic carbocycles. The number of alkyl carbamates (subject to hydrolysis) is 1. The Hall–Kier alpha value is -0.880. The molecule has 0 aliphatic rings. The van der Waals surface area contributed by atoms with Crippen molar-refractivity contribution in [2.24, 2.45) is 5.73 Å². The molecule has 0 fully saturated rings. The summed E-state index contributed by atoms with van der Waals surface area (Å²) in [6, 6.07) is 0. The first-order chi connectivity index (χ1) is 8.08. The van der Waals surface area contributed by atoms with Crippen LogP contribution in [0, 0.1) is 0 Å². The quantitative estimate of drug-likeness (QED) is 0.715. The van der Waals surface area contributed by atoms with Gasteiger partial charge in [0.25, 0.3) is 0 Å². The van der Waals surface area contributed by atoms with E-state index in [1.165, 1.54) is 0 Å². The van der Waals surface area contributed by atoms with E-state index in [0.717, 1.165) is 0 Å². The highest BCUT2D eigenvalue weighted by molar-refractivity contribution is 5.67. The molecule has 0 saturated heterocycles. The van der Waals surface area contributed by atoms with Gasteiger partial charge in [-0.05, 0) is 34.6 Å². The number of amides is 1. The second-order valence-corrected chi connectivity index (χ2v) is 5.58. The zero-order valence-corrected chi connectivity index (χ0v) is 11.9. The first-order valence-corrected chi connectivity index (χ1v) is 6.03. The van der Waals surface area contributed by atoms with Crippen molar-refractivity contribution < 1.29 is 18.7 Å². The van der Waals surface area contributed by atoms with Crippen LogP contribution in [0.1, 0.15) is 34.6 Å². The maximum Gasteiger partial charge on any atom is 0.407 e. The largest absolute Gasteiger partial charge is 0.444 e. The van der Waals surface area contributed by atoms with E-state index >= 15 is 0 Å². The number of hydrogen-bond acceptors (Lipinski definition) is 4. The fourth-order valence-electron chi connectivity index (χ4n) is 1.16. The van der Waals surface area contributed by atoms with Gasteiger partial charge in [0.1, 0.15) is 11.8 Å². The molecule has 0 spiro atoms. The van der Waals surface area contributed by atoms with E-state index < -0.39 is 23.5 Å². The van der Waals surface area contributed by atoms with Crippen LogP contribution in [0.2, 0.25) is 0 Å². The Balaban J connectivity index is 3.84. The van der Waals surface area contributed by atoms with Crippen molar-refractivity contribution in [3.63, 3.8) is 0 Å². The topological polar surface area (TPSA) is 73.6 Å². The fraction of sp³-hybridized carbons (Fsp3) is 0.917. The van der Waals surface area contributed by atoms with Crippen molar-refractivity contribution in [2.45, 2.75) is 52.0 Å². The van der Waals surface area contributed by atoms with Crippen LogP contribution in [-0.4, -0.2) is 43.2 Å². The Bertz CT molecular complexity index is 265. The van der Waals surface area contributed by atoms with Gasteiger partial charge >= 0.3 is 6.09 Å². The number of hydrogen-bond donors (Lipinski definition) is 2. The number of ether oxygens (including phenoxy) is 2. The average molecular weight is 264 g/mol. The van der Waals surface area contributed by atoms with Crippen molar-refractivity contribution in [1.29, 1.82) is 0 Å². The summed E-state index contributed by atoms with van der Waals surface area (Å²) in [5, 5.41) is 2.53. The third-order valence-corrected chi connectivity index (χ3v) is 2.21. The highest BCUT2D eigenvalue weighted by Crippen LogP contribution is 2.16. The molecule has 0 bridgehead atoms. The molecular formula is C12H25FN2O3. The van der Waals surface area contributed by atoms with Crippen LogP contribution in [-0.2, 0) is 9.47 Å². The minimum absolute atomic E-state index is 0.0908. The van der Waals surface area contributed by atoms with E-state index in [1.54, 1.807) is 34.6 Å². The van der Waals surface area contributed by atoms with Gasteiger partial charge in [-0.25, -0.2) is 9.18 Å². The van der Waals surface area contributed by atoms with Gasteiger partial charge in [-0.3, -0.25) is 0 Å². The Kier molecular flexibility index (Phi) is 6.56. The average Bonchev–Trinajstić information content (AvgIpc) is 2.20. The number of nitrogens with one attached hydrogen (secondary N) is 1. The molecule has 0 aromatic heterocycles. The van der Waals surface area contributed by atoms with Crippen LogP contribution >= 0.6 is 0 Å². The molecular weight excluding hydrogens is 239 g/mol. The maximum absolute atomic E-state index is 13.4. The summed E-state index contributed by atoms with van der Waals surface area (Å²) in [5.41, 5.74) is 3.75. The van der Waals surface area contributed by atoms with Crippen LogP contribution < -0.4 is 11.1 Å². The lowest BCUT2D eigenvalue weighted by Crippen LogP contribution is -2.43. The summed E-state index contributed by atoms with van der Waals surface area (Å²) in [5.74, 6) is 0. The summed E-state index contributed by atoms with van der Waals surface area (Å²) >= 11 is 0. The van der Waals surface area contributed by atoms with Gasteiger partial charge in [-0.2, -0.15) is 0 Å². The zero-order valence-electron chi connectivity index (χ0n) is 11.9. The van der Waals surface area contributed by atoms with Crippen molar-refractivity contribution >= 4 is 6.09 Å². The molecule has 18 heavy (non-hydrogen) atoms. The van der Waals surface area contributed by atoms with E-state index in [1.807, 2.05) is 0 Å². The Morgan fingerprint density at radius 3 is 2.33 bits per heavy atom. The lowest BCUT2D eigenvalue weighted by atomic mass is 10.0. The molecule has 0 aromatic rings. The van der Waals surface area contributed by atoms with E-state index in [2.05, 4.69) is 5.32 Å². The third kappa shape index (κ3) is 7.45. The van der Waals surface area contributed by atoms with E-state index in [9.17, 15) is 9.18 Å². The summed E-state index contributed by atoms with van der Waals surface area (Å²) < 4.78 is 23.7. The van der Waals surface area contributed by atoms with Crippen LogP contribution in [0.3, 0.4) is 0 Å². The molecule has 1 amide bonds. The normalized spacial score (nSPS) is 14.2. The molecule has 1 unspecified atom stereocenters. The van der Waals surface area contributed by atoms with E-state index in [0.29, 0.717) is 0 Å². The summed E-state index contributed by atoms with van der Waals surface area (Å²) in [7, 11) is 0. The predicted octanol–water partition coefficient (Wildman–Crippen LogP) is 1.60. The second kappa shape index (κ2) is 6.89. The van der Waals surface area contributed by atoms with Gasteiger partial charge in [0, 0.05) is 13.1 Å². The Morgan fingerprint density at radius 1 is 1.33 bits per heavy atom. The van der Waals surface area contributed by atoms with Crippen molar-refractivity contribution in [2.75, 3.05) is 19.7 Å². The first-order valence-electron chi connectivity index (χ1n) is 6.03. The molecule has 0 saturated carbocycles. The molecule has 3 N–H and O–H groups in total. The van der Waals surface area contributed by atoms with Crippen molar-refractivity contribution in [1.82, 2.24) is 5.32 Å². The number of alkyl halides is 1. The standard InChI is InChI=1S/C12H25FN2O3/c1-11(2,3)18-10(16)15-6-7-17-12(4,5)9(13)8-14/h9H,6-8,14H2,1-5H3,(H,15,16). The van der Waals surface area contributed by atoms with Gasteiger partial charge in [-0.1, -0.05) is 0 Å². The lowest BCUT2D eigenvalue weighted by molar-refractivity contribution is -0.0664. The fourth-order valence-corrected chi connectivity index (χ4v) is 1.16. The smallest absolute Gasteiger partial charge is 0.407 e. The molecule has 1 atom stereocenters. The molecule has 0 heterocycles. The van der Waals surface area contributed by atoms with E-state index in [-0.39, 0.29) is 19.7 Å². The van der Waals surface area contributed by atoms with E-state index in [4.69, 9.17) is 15.2 Å². The highest BCUT2D eigenvalue weighted by Gasteiger charge is 2.29. The maximum atomic E-state index is 13.4. The molecule has 0 radical (unpaired) electrons. The number of rotatable bonds is 6. The summed E-state index contributed by atoms with van der Waals surface area (Å²) in [6.45, 7) is 8.95. The minimum atomic E-state index is -1.24. The first kappa shape index (κ1) is 17.1. The van der Waals surface area contributed by atoms with Crippen LogP contribution in [0.5, 0.6) is 0 Å². The number of carbonyl (C=O) groups is 1. The Morgan fingerprint density at radius 2 is 1.89 bits per heavy atom. The minimum Gasteiger partial charge on any atom is -0.444 e. The molecule has 6 heteroatoms.